The zero-order valence-corrected chi connectivity index (χ0v) is 17.5. The van der Waals surface area contributed by atoms with Crippen molar-refractivity contribution in [3.8, 4) is 5.75 Å². The molecular weight excluding hydrogens is 416 g/mol. The molecule has 0 amide bonds. The van der Waals surface area contributed by atoms with Gasteiger partial charge < -0.3 is 14.4 Å². The summed E-state index contributed by atoms with van der Waals surface area (Å²) < 4.78 is 8.47. The van der Waals surface area contributed by atoms with Crippen LogP contribution in [0.2, 0.25) is 0 Å². The van der Waals surface area contributed by atoms with Crippen LogP contribution in [0, 0.1) is 0 Å². The van der Waals surface area contributed by atoms with Crippen molar-refractivity contribution in [1.82, 2.24) is 19.1 Å². The van der Waals surface area contributed by atoms with E-state index in [1.165, 1.54) is 23.4 Å². The van der Waals surface area contributed by atoms with Gasteiger partial charge in [-0.25, -0.2) is 9.78 Å². The zero-order valence-electron chi connectivity index (χ0n) is 16.0. The number of aliphatic hydroxyl groups excluding tert-OH is 1. The zero-order chi connectivity index (χ0) is 21.0. The molecule has 2 heterocycles. The molecule has 2 aromatic heterocycles. The smallest absolute Gasteiger partial charge is 0.329 e. The molecule has 0 bridgehead atoms. The molecule has 1 atom stereocenters. The molecule has 3 aromatic rings. The van der Waals surface area contributed by atoms with Crippen molar-refractivity contribution >= 4 is 34.5 Å². The minimum absolute atomic E-state index is 0.0398. The Morgan fingerprint density at radius 1 is 1.38 bits per heavy atom. The lowest BCUT2D eigenvalue weighted by atomic mass is 10.3. The first-order chi connectivity index (χ1) is 13.9. The summed E-state index contributed by atoms with van der Waals surface area (Å²) in [4.78, 5) is 31.1. The third-order valence-electron chi connectivity index (χ3n) is 4.13. The molecule has 3 rings (SSSR count). The van der Waals surface area contributed by atoms with Crippen LogP contribution in [0.1, 0.15) is 6.92 Å². The van der Waals surface area contributed by atoms with Crippen molar-refractivity contribution in [2.24, 2.45) is 7.05 Å². The molecule has 0 radical (unpaired) electrons. The van der Waals surface area contributed by atoms with Gasteiger partial charge in [0.2, 0.25) is 0 Å². The van der Waals surface area contributed by atoms with E-state index < -0.39 is 17.4 Å². The van der Waals surface area contributed by atoms with Crippen LogP contribution in [-0.4, -0.2) is 42.7 Å². The topological polar surface area (TPSA) is 102 Å². The van der Waals surface area contributed by atoms with Crippen LogP contribution in [0.5, 0.6) is 5.75 Å². The van der Waals surface area contributed by atoms with E-state index in [9.17, 15) is 14.7 Å². The SMILES string of the molecule is C/C(Cl)=C\CSc1nc2c(c(=O)[nH]c(=O)n2C)n1C[C@@H](O)COc1ccccc1. The molecule has 0 fully saturated rings. The second-order valence-corrected chi connectivity index (χ2v) is 7.96. The summed E-state index contributed by atoms with van der Waals surface area (Å²) in [6, 6.07) is 9.14. The van der Waals surface area contributed by atoms with Crippen molar-refractivity contribution in [1.29, 1.82) is 0 Å². The molecule has 0 saturated carbocycles. The molecule has 154 valence electrons. The number of rotatable bonds is 8. The Kier molecular flexibility index (Phi) is 6.83. The number of hydrogen-bond acceptors (Lipinski definition) is 6. The van der Waals surface area contributed by atoms with E-state index in [4.69, 9.17) is 16.3 Å². The van der Waals surface area contributed by atoms with E-state index in [-0.39, 0.29) is 24.3 Å². The summed E-state index contributed by atoms with van der Waals surface area (Å²) >= 11 is 7.23. The maximum Gasteiger partial charge on any atom is 0.329 e. The van der Waals surface area contributed by atoms with E-state index in [0.29, 0.717) is 21.7 Å². The Labute approximate surface area is 175 Å². The van der Waals surface area contributed by atoms with E-state index in [1.807, 2.05) is 24.3 Å². The molecule has 0 spiro atoms. The van der Waals surface area contributed by atoms with Gasteiger partial charge in [0.05, 0.1) is 6.54 Å². The molecule has 0 aliphatic rings. The van der Waals surface area contributed by atoms with Crippen LogP contribution in [0.25, 0.3) is 11.2 Å². The van der Waals surface area contributed by atoms with Gasteiger partial charge in [-0.1, -0.05) is 47.6 Å². The van der Waals surface area contributed by atoms with E-state index >= 15 is 0 Å². The molecule has 0 saturated heterocycles. The summed E-state index contributed by atoms with van der Waals surface area (Å²) in [5.41, 5.74) is -0.625. The van der Waals surface area contributed by atoms with Crippen LogP contribution in [0.4, 0.5) is 0 Å². The molecule has 29 heavy (non-hydrogen) atoms. The number of ether oxygens (including phenoxy) is 1. The second-order valence-electron chi connectivity index (χ2n) is 6.38. The van der Waals surface area contributed by atoms with Gasteiger partial charge in [-0.05, 0) is 19.1 Å². The number of nitrogens with one attached hydrogen (secondary N) is 1. The van der Waals surface area contributed by atoms with Crippen molar-refractivity contribution < 1.29 is 9.84 Å². The minimum Gasteiger partial charge on any atom is -0.491 e. The number of H-pyrrole nitrogens is 1. The lowest BCUT2D eigenvalue weighted by Gasteiger charge is -2.15. The van der Waals surface area contributed by atoms with Crippen LogP contribution >= 0.6 is 23.4 Å². The van der Waals surface area contributed by atoms with Crippen LogP contribution in [0.15, 0.2) is 56.2 Å². The van der Waals surface area contributed by atoms with Crippen LogP contribution in [0.3, 0.4) is 0 Å². The van der Waals surface area contributed by atoms with Gasteiger partial charge in [-0.3, -0.25) is 14.3 Å². The van der Waals surface area contributed by atoms with Gasteiger partial charge in [-0.2, -0.15) is 0 Å². The fraction of sp³-hybridized carbons (Fsp3) is 0.316. The van der Waals surface area contributed by atoms with Gasteiger partial charge in [0.25, 0.3) is 5.56 Å². The maximum atomic E-state index is 12.4. The number of fused-ring (bicyclic) bond motifs is 1. The lowest BCUT2D eigenvalue weighted by molar-refractivity contribution is 0.0914. The fourth-order valence-corrected chi connectivity index (χ4v) is 3.82. The number of benzene rings is 1. The fourth-order valence-electron chi connectivity index (χ4n) is 2.70. The standard InChI is InChI=1S/C19H21ClN4O4S/c1-12(20)8-9-29-19-21-16-15(17(26)22-18(27)23(16)2)24(19)10-13(25)11-28-14-6-4-3-5-7-14/h3-8,13,25H,9-11H2,1-2H3,(H,22,26,27)/b12-8+/t13-/m1/s1. The average Bonchev–Trinajstić information content (AvgIpc) is 3.04. The normalized spacial score (nSPS) is 13.0. The van der Waals surface area contributed by atoms with E-state index in [0.717, 1.165) is 0 Å². The molecule has 0 aliphatic heterocycles. The Morgan fingerprint density at radius 2 is 2.10 bits per heavy atom. The molecule has 10 heteroatoms. The summed E-state index contributed by atoms with van der Waals surface area (Å²) in [7, 11) is 1.53. The highest BCUT2D eigenvalue weighted by molar-refractivity contribution is 7.99. The molecule has 8 nitrogen and oxygen atoms in total. The van der Waals surface area contributed by atoms with Crippen LogP contribution < -0.4 is 16.0 Å². The number of imidazole rings is 1. The molecule has 2 N–H and O–H groups in total. The number of nitrogens with zero attached hydrogens (tertiary/aromatic N) is 3. The predicted molar refractivity (Wildman–Crippen MR) is 114 cm³/mol. The van der Waals surface area contributed by atoms with Crippen molar-refractivity contribution in [2.75, 3.05) is 12.4 Å². The lowest BCUT2D eigenvalue weighted by Crippen LogP contribution is -2.30. The highest BCUT2D eigenvalue weighted by Gasteiger charge is 2.20. The number of hydrogen-bond donors (Lipinski definition) is 2. The monoisotopic (exact) mass is 436 g/mol. The highest BCUT2D eigenvalue weighted by atomic mass is 35.5. The van der Waals surface area contributed by atoms with Crippen molar-refractivity contribution in [3.63, 3.8) is 0 Å². The molecule has 1 aromatic carbocycles. The first-order valence-corrected chi connectivity index (χ1v) is 10.2. The number of thioether (sulfide) groups is 1. The average molecular weight is 437 g/mol. The number of aromatic amines is 1. The van der Waals surface area contributed by atoms with E-state index in [2.05, 4.69) is 9.97 Å². The maximum absolute atomic E-state index is 12.4. The Balaban J connectivity index is 1.90. The van der Waals surface area contributed by atoms with Gasteiger partial charge in [0.15, 0.2) is 16.3 Å². The number of aromatic nitrogens is 4. The first kappa shape index (κ1) is 21.2. The summed E-state index contributed by atoms with van der Waals surface area (Å²) in [6.07, 6.45) is 0.919. The molecule has 0 unspecified atom stereocenters. The number of para-hydroxylation sites is 1. The summed E-state index contributed by atoms with van der Waals surface area (Å²) in [6.45, 7) is 1.89. The second kappa shape index (κ2) is 9.34. The Bertz CT molecular complexity index is 1130. The van der Waals surface area contributed by atoms with Gasteiger partial charge >= 0.3 is 5.69 Å². The van der Waals surface area contributed by atoms with Crippen molar-refractivity contribution in [2.45, 2.75) is 24.7 Å². The number of allylic oxidation sites excluding steroid dienone is 1. The number of aliphatic hydroxyl groups is 1. The third kappa shape index (κ3) is 5.11. The molecular formula is C19H21ClN4O4S. The Morgan fingerprint density at radius 3 is 2.79 bits per heavy atom. The summed E-state index contributed by atoms with van der Waals surface area (Å²) in [5.74, 6) is 1.17. The largest absolute Gasteiger partial charge is 0.491 e. The van der Waals surface area contributed by atoms with Gasteiger partial charge in [0, 0.05) is 17.8 Å². The minimum atomic E-state index is -0.895. The summed E-state index contributed by atoms with van der Waals surface area (Å²) in [5, 5.41) is 11.6. The van der Waals surface area contributed by atoms with Crippen LogP contribution in [-0.2, 0) is 13.6 Å². The third-order valence-corrected chi connectivity index (χ3v) is 5.19. The van der Waals surface area contributed by atoms with E-state index in [1.54, 1.807) is 23.6 Å². The predicted octanol–water partition coefficient (Wildman–Crippen LogP) is 2.10. The quantitative estimate of drug-likeness (QED) is 0.524. The number of halogens is 1. The first-order valence-electron chi connectivity index (χ1n) is 8.87. The van der Waals surface area contributed by atoms with Gasteiger partial charge in [0.1, 0.15) is 18.5 Å². The Hall–Kier alpha value is -2.49. The number of aryl methyl sites for hydroxylation is 1. The molecule has 0 aliphatic carbocycles. The van der Waals surface area contributed by atoms with Gasteiger partial charge in [-0.15, -0.1) is 0 Å². The highest BCUT2D eigenvalue weighted by Crippen LogP contribution is 2.23. The van der Waals surface area contributed by atoms with Crippen molar-refractivity contribution in [3.05, 3.63) is 62.3 Å².